The SMILES string of the molecule is CC(C)OC(=O)NS(=O)(=O)NCCCCC(N)=S. The lowest BCUT2D eigenvalue weighted by Crippen LogP contribution is -2.41. The topological polar surface area (TPSA) is 111 Å². The van der Waals surface area contributed by atoms with Gasteiger partial charge < -0.3 is 10.5 Å². The van der Waals surface area contributed by atoms with Crippen LogP contribution in [0, 0.1) is 0 Å². The van der Waals surface area contributed by atoms with Crippen molar-refractivity contribution in [3.63, 3.8) is 0 Å². The largest absolute Gasteiger partial charge is 0.446 e. The van der Waals surface area contributed by atoms with Crippen LogP contribution in [0.25, 0.3) is 0 Å². The molecule has 0 spiro atoms. The Kier molecular flexibility index (Phi) is 7.80. The molecule has 0 heterocycles. The van der Waals surface area contributed by atoms with Crippen molar-refractivity contribution < 1.29 is 17.9 Å². The first-order valence-corrected chi connectivity index (χ1v) is 7.38. The number of carbonyl (C=O) groups is 1. The van der Waals surface area contributed by atoms with Crippen molar-refractivity contribution in [1.82, 2.24) is 9.44 Å². The van der Waals surface area contributed by atoms with Gasteiger partial charge in [0.25, 0.3) is 0 Å². The summed E-state index contributed by atoms with van der Waals surface area (Å²) < 4.78 is 31.3. The monoisotopic (exact) mass is 297 g/mol. The van der Waals surface area contributed by atoms with Crippen molar-refractivity contribution in [3.8, 4) is 0 Å². The van der Waals surface area contributed by atoms with Gasteiger partial charge in [0.2, 0.25) is 0 Å². The minimum Gasteiger partial charge on any atom is -0.446 e. The van der Waals surface area contributed by atoms with Crippen molar-refractivity contribution in [2.45, 2.75) is 39.2 Å². The smallest absolute Gasteiger partial charge is 0.422 e. The molecule has 0 atom stereocenters. The lowest BCUT2D eigenvalue weighted by molar-refractivity contribution is 0.121. The van der Waals surface area contributed by atoms with Gasteiger partial charge >= 0.3 is 16.3 Å². The Balaban J connectivity index is 3.87. The van der Waals surface area contributed by atoms with Gasteiger partial charge in [-0.1, -0.05) is 12.2 Å². The lowest BCUT2D eigenvalue weighted by Gasteiger charge is -2.10. The molecule has 4 N–H and O–H groups in total. The molecule has 0 aliphatic carbocycles. The fourth-order valence-electron chi connectivity index (χ4n) is 1.01. The molecule has 0 saturated heterocycles. The van der Waals surface area contributed by atoms with E-state index in [1.165, 1.54) is 0 Å². The van der Waals surface area contributed by atoms with E-state index in [2.05, 4.69) is 21.7 Å². The van der Waals surface area contributed by atoms with Crippen molar-refractivity contribution in [3.05, 3.63) is 0 Å². The number of hydrogen-bond acceptors (Lipinski definition) is 5. The van der Waals surface area contributed by atoms with E-state index < -0.39 is 16.3 Å². The molecule has 0 unspecified atom stereocenters. The molecular weight excluding hydrogens is 278 g/mol. The molecule has 1 amide bonds. The average molecular weight is 297 g/mol. The van der Waals surface area contributed by atoms with Crippen LogP contribution in [0.5, 0.6) is 0 Å². The van der Waals surface area contributed by atoms with E-state index in [1.54, 1.807) is 18.6 Å². The van der Waals surface area contributed by atoms with Crippen LogP contribution in [0.4, 0.5) is 4.79 Å². The Morgan fingerprint density at radius 2 is 2.00 bits per heavy atom. The highest BCUT2D eigenvalue weighted by Crippen LogP contribution is 1.95. The molecule has 0 bridgehead atoms. The number of rotatable bonds is 8. The minimum absolute atomic E-state index is 0.201. The predicted octanol–water partition coefficient (Wildman–Crippen LogP) is 0.412. The summed E-state index contributed by atoms with van der Waals surface area (Å²) in [7, 11) is -3.87. The van der Waals surface area contributed by atoms with E-state index in [1.807, 2.05) is 0 Å². The third kappa shape index (κ3) is 10.2. The van der Waals surface area contributed by atoms with Crippen LogP contribution in [-0.4, -0.2) is 32.1 Å². The van der Waals surface area contributed by atoms with Crippen LogP contribution in [0.2, 0.25) is 0 Å². The third-order valence-corrected chi connectivity index (χ3v) is 2.93. The molecule has 0 radical (unpaired) electrons. The molecule has 0 saturated carbocycles. The van der Waals surface area contributed by atoms with Crippen LogP contribution >= 0.6 is 12.2 Å². The highest BCUT2D eigenvalue weighted by molar-refractivity contribution is 7.88. The second kappa shape index (κ2) is 8.22. The average Bonchev–Trinajstić information content (AvgIpc) is 2.13. The van der Waals surface area contributed by atoms with E-state index >= 15 is 0 Å². The number of amides is 1. The van der Waals surface area contributed by atoms with Gasteiger partial charge in [0.1, 0.15) is 0 Å². The first kappa shape index (κ1) is 17.1. The number of ether oxygens (including phenoxy) is 1. The molecule has 106 valence electrons. The van der Waals surface area contributed by atoms with Gasteiger partial charge in [-0.2, -0.15) is 13.1 Å². The van der Waals surface area contributed by atoms with Crippen molar-refractivity contribution in [1.29, 1.82) is 0 Å². The van der Waals surface area contributed by atoms with Crippen LogP contribution < -0.4 is 15.2 Å². The van der Waals surface area contributed by atoms with E-state index in [0.717, 1.165) is 0 Å². The second-order valence-electron chi connectivity index (χ2n) is 3.88. The van der Waals surface area contributed by atoms with E-state index in [-0.39, 0.29) is 12.6 Å². The Morgan fingerprint density at radius 1 is 1.39 bits per heavy atom. The van der Waals surface area contributed by atoms with Gasteiger partial charge in [-0.25, -0.2) is 9.52 Å². The molecule has 0 aliphatic heterocycles. The molecule has 0 rings (SSSR count). The Labute approximate surface area is 113 Å². The minimum atomic E-state index is -3.87. The zero-order valence-corrected chi connectivity index (χ0v) is 12.1. The summed E-state index contributed by atoms with van der Waals surface area (Å²) in [5.41, 5.74) is 5.29. The summed E-state index contributed by atoms with van der Waals surface area (Å²) in [4.78, 5) is 11.5. The molecule has 0 fully saturated rings. The van der Waals surface area contributed by atoms with E-state index in [9.17, 15) is 13.2 Å². The number of nitrogens with two attached hydrogens (primary N) is 1. The zero-order valence-electron chi connectivity index (χ0n) is 10.4. The molecule has 7 nitrogen and oxygen atoms in total. The highest BCUT2D eigenvalue weighted by Gasteiger charge is 2.15. The summed E-state index contributed by atoms with van der Waals surface area (Å²) in [5.74, 6) is 0. The van der Waals surface area contributed by atoms with Crippen LogP contribution in [-0.2, 0) is 14.9 Å². The fourth-order valence-corrected chi connectivity index (χ4v) is 1.91. The van der Waals surface area contributed by atoms with Gasteiger partial charge in [0, 0.05) is 6.54 Å². The number of nitrogens with one attached hydrogen (secondary N) is 2. The number of thiocarbonyl (C=S) groups is 1. The molecular formula is C9H19N3O4S2. The summed E-state index contributed by atoms with van der Waals surface area (Å²) >= 11 is 4.68. The molecule has 0 aliphatic rings. The van der Waals surface area contributed by atoms with Gasteiger partial charge in [-0.15, -0.1) is 0 Å². The van der Waals surface area contributed by atoms with E-state index in [0.29, 0.717) is 24.3 Å². The lowest BCUT2D eigenvalue weighted by atomic mass is 10.2. The quantitative estimate of drug-likeness (QED) is 0.442. The third-order valence-electron chi connectivity index (χ3n) is 1.70. The highest BCUT2D eigenvalue weighted by atomic mass is 32.2. The number of unbranched alkanes of at least 4 members (excludes halogenated alkanes) is 1. The molecule has 0 aromatic heterocycles. The summed E-state index contributed by atoms with van der Waals surface area (Å²) in [6.45, 7) is 3.44. The van der Waals surface area contributed by atoms with Gasteiger partial charge in [-0.3, -0.25) is 0 Å². The molecule has 0 aromatic carbocycles. The van der Waals surface area contributed by atoms with Crippen molar-refractivity contribution >= 4 is 33.5 Å². The maximum atomic E-state index is 11.3. The normalized spacial score (nSPS) is 11.3. The number of carbonyl (C=O) groups excluding carboxylic acids is 1. The van der Waals surface area contributed by atoms with Crippen molar-refractivity contribution in [2.75, 3.05) is 6.54 Å². The number of hydrogen-bond donors (Lipinski definition) is 3. The van der Waals surface area contributed by atoms with E-state index in [4.69, 9.17) is 5.73 Å². The maximum absolute atomic E-state index is 11.3. The molecule has 9 heteroatoms. The Morgan fingerprint density at radius 3 is 2.50 bits per heavy atom. The van der Waals surface area contributed by atoms with Gasteiger partial charge in [-0.05, 0) is 33.1 Å². The summed E-state index contributed by atoms with van der Waals surface area (Å²) in [6.07, 6.45) is 0.456. The Hall–Kier alpha value is -0.930. The van der Waals surface area contributed by atoms with Crippen LogP contribution in [0.1, 0.15) is 33.1 Å². The summed E-state index contributed by atoms with van der Waals surface area (Å²) in [6, 6.07) is 0. The van der Waals surface area contributed by atoms with Crippen LogP contribution in [0.15, 0.2) is 0 Å². The molecule has 0 aromatic rings. The maximum Gasteiger partial charge on any atom is 0.422 e. The zero-order chi connectivity index (χ0) is 14.2. The first-order chi connectivity index (χ1) is 8.23. The first-order valence-electron chi connectivity index (χ1n) is 5.49. The standard InChI is InChI=1S/C9H19N3O4S2/c1-7(2)16-9(13)12-18(14,15)11-6-4-3-5-8(10)17/h7,11H,3-6H2,1-2H3,(H2,10,17)(H,12,13). The van der Waals surface area contributed by atoms with Gasteiger partial charge in [0.15, 0.2) is 0 Å². The van der Waals surface area contributed by atoms with Gasteiger partial charge in [0.05, 0.1) is 11.1 Å². The predicted molar refractivity (Wildman–Crippen MR) is 72.3 cm³/mol. The fraction of sp³-hybridized carbons (Fsp3) is 0.778. The molecule has 18 heavy (non-hydrogen) atoms. The summed E-state index contributed by atoms with van der Waals surface area (Å²) in [5, 5.41) is 0. The van der Waals surface area contributed by atoms with Crippen molar-refractivity contribution in [2.24, 2.45) is 5.73 Å². The second-order valence-corrected chi connectivity index (χ2v) is 5.90. The Bertz CT molecular complexity index is 381. The van der Waals surface area contributed by atoms with Crippen LogP contribution in [0.3, 0.4) is 0 Å².